The molecule has 110 valence electrons. The van der Waals surface area contributed by atoms with Gasteiger partial charge in [0.2, 0.25) is 0 Å². The molecule has 1 unspecified atom stereocenters. The van der Waals surface area contributed by atoms with E-state index in [1.807, 2.05) is 0 Å². The highest BCUT2D eigenvalue weighted by molar-refractivity contribution is 5.74. The first-order valence-corrected chi connectivity index (χ1v) is 6.37. The van der Waals surface area contributed by atoms with Crippen molar-refractivity contribution < 1.29 is 19.1 Å². The topological polar surface area (TPSA) is 69.6 Å². The van der Waals surface area contributed by atoms with Crippen LogP contribution in [-0.2, 0) is 11.3 Å². The Balaban J connectivity index is 2.47. The third-order valence-corrected chi connectivity index (χ3v) is 2.87. The quantitative estimate of drug-likeness (QED) is 0.840. The summed E-state index contributed by atoms with van der Waals surface area (Å²) in [6.45, 7) is 1.89. The number of carboxylic acids is 1. The van der Waals surface area contributed by atoms with E-state index in [2.05, 4.69) is 5.32 Å². The van der Waals surface area contributed by atoms with Crippen LogP contribution in [0.2, 0.25) is 0 Å². The van der Waals surface area contributed by atoms with Gasteiger partial charge in [0.05, 0.1) is 0 Å². The Bertz CT molecular complexity index is 479. The molecule has 0 saturated carbocycles. The summed E-state index contributed by atoms with van der Waals surface area (Å²) in [5.74, 6) is -1.25. The summed E-state index contributed by atoms with van der Waals surface area (Å²) in [6.07, 6.45) is 0.354. The van der Waals surface area contributed by atoms with Crippen LogP contribution >= 0.6 is 0 Å². The number of benzene rings is 1. The molecule has 0 aromatic heterocycles. The average molecular weight is 282 g/mol. The minimum absolute atomic E-state index is 0.00151. The Morgan fingerprint density at radius 3 is 2.65 bits per heavy atom. The number of carboxylic acid groups (broad SMARTS) is 1. The maximum Gasteiger partial charge on any atom is 0.317 e. The first kappa shape index (κ1) is 15.9. The molecule has 0 aliphatic rings. The van der Waals surface area contributed by atoms with Crippen LogP contribution in [0.5, 0.6) is 0 Å². The number of rotatable bonds is 6. The summed E-state index contributed by atoms with van der Waals surface area (Å²) in [5.41, 5.74) is 0.434. The fraction of sp³-hybridized carbons (Fsp3) is 0.429. The second-order valence-corrected chi connectivity index (χ2v) is 4.73. The highest BCUT2D eigenvalue weighted by atomic mass is 19.1. The summed E-state index contributed by atoms with van der Waals surface area (Å²) >= 11 is 0. The molecule has 0 aliphatic heterocycles. The molecule has 0 aliphatic carbocycles. The standard InChI is InChI=1S/C14H19FN2O3/c1-10(7-8-13(18)19)16-14(20)17(2)9-11-5-3-4-6-12(11)15/h3-6,10H,7-9H2,1-2H3,(H,16,20)(H,18,19). The summed E-state index contributed by atoms with van der Waals surface area (Å²) in [6, 6.07) is 5.66. The molecule has 1 aromatic rings. The van der Waals surface area contributed by atoms with E-state index >= 15 is 0 Å². The fourth-order valence-corrected chi connectivity index (χ4v) is 1.69. The maximum absolute atomic E-state index is 13.5. The largest absolute Gasteiger partial charge is 0.481 e. The van der Waals surface area contributed by atoms with Crippen LogP contribution in [0.4, 0.5) is 9.18 Å². The van der Waals surface area contributed by atoms with Gasteiger partial charge in [0.15, 0.2) is 0 Å². The van der Waals surface area contributed by atoms with Gasteiger partial charge in [-0.1, -0.05) is 18.2 Å². The Morgan fingerprint density at radius 2 is 2.05 bits per heavy atom. The number of aliphatic carboxylic acids is 1. The highest BCUT2D eigenvalue weighted by Gasteiger charge is 2.14. The van der Waals surface area contributed by atoms with Crippen LogP contribution in [0.3, 0.4) is 0 Å². The van der Waals surface area contributed by atoms with Gasteiger partial charge in [0.25, 0.3) is 0 Å². The molecule has 0 heterocycles. The van der Waals surface area contributed by atoms with Gasteiger partial charge in [-0.3, -0.25) is 4.79 Å². The van der Waals surface area contributed by atoms with Crippen LogP contribution < -0.4 is 5.32 Å². The number of nitrogens with zero attached hydrogens (tertiary/aromatic N) is 1. The predicted molar refractivity (Wildman–Crippen MR) is 72.7 cm³/mol. The Hall–Kier alpha value is -2.11. The van der Waals surface area contributed by atoms with Crippen LogP contribution in [0.15, 0.2) is 24.3 Å². The molecule has 1 aromatic carbocycles. The van der Waals surface area contributed by atoms with Crippen molar-refractivity contribution in [2.24, 2.45) is 0 Å². The van der Waals surface area contributed by atoms with Gasteiger partial charge in [0.1, 0.15) is 5.82 Å². The molecule has 0 spiro atoms. The number of nitrogens with one attached hydrogen (secondary N) is 1. The number of hydrogen-bond donors (Lipinski definition) is 2. The monoisotopic (exact) mass is 282 g/mol. The first-order chi connectivity index (χ1) is 9.40. The number of carbonyl (C=O) groups excluding carboxylic acids is 1. The van der Waals surface area contributed by atoms with Gasteiger partial charge in [-0.15, -0.1) is 0 Å². The van der Waals surface area contributed by atoms with Crippen LogP contribution in [0.25, 0.3) is 0 Å². The molecular weight excluding hydrogens is 263 g/mol. The molecule has 1 atom stereocenters. The predicted octanol–water partition coefficient (Wildman–Crippen LogP) is 2.22. The second-order valence-electron chi connectivity index (χ2n) is 4.73. The summed E-state index contributed by atoms with van der Waals surface area (Å²) in [4.78, 5) is 23.7. The summed E-state index contributed by atoms with van der Waals surface area (Å²) in [5, 5.41) is 11.2. The normalized spacial score (nSPS) is 11.8. The van der Waals surface area contributed by atoms with E-state index in [1.54, 1.807) is 32.2 Å². The molecular formula is C14H19FN2O3. The Labute approximate surface area is 117 Å². The zero-order chi connectivity index (χ0) is 15.1. The van der Waals surface area contributed by atoms with Crippen molar-refractivity contribution in [3.05, 3.63) is 35.6 Å². The van der Waals surface area contributed by atoms with E-state index < -0.39 is 5.97 Å². The van der Waals surface area contributed by atoms with Crippen LogP contribution in [-0.4, -0.2) is 35.1 Å². The van der Waals surface area contributed by atoms with Gasteiger partial charge in [-0.25, -0.2) is 9.18 Å². The third-order valence-electron chi connectivity index (χ3n) is 2.87. The minimum atomic E-state index is -0.897. The van der Waals surface area contributed by atoms with E-state index in [0.717, 1.165) is 0 Å². The molecule has 20 heavy (non-hydrogen) atoms. The minimum Gasteiger partial charge on any atom is -0.481 e. The Morgan fingerprint density at radius 1 is 1.40 bits per heavy atom. The van der Waals surface area contributed by atoms with Crippen LogP contribution in [0, 0.1) is 5.82 Å². The molecule has 0 radical (unpaired) electrons. The molecule has 0 fully saturated rings. The highest BCUT2D eigenvalue weighted by Crippen LogP contribution is 2.09. The van der Waals surface area contributed by atoms with Crippen molar-refractivity contribution in [3.63, 3.8) is 0 Å². The van der Waals surface area contributed by atoms with Crippen molar-refractivity contribution >= 4 is 12.0 Å². The lowest BCUT2D eigenvalue weighted by molar-refractivity contribution is -0.137. The average Bonchev–Trinajstić information content (AvgIpc) is 2.39. The molecule has 1 rings (SSSR count). The van der Waals surface area contributed by atoms with E-state index in [0.29, 0.717) is 12.0 Å². The lowest BCUT2D eigenvalue weighted by Gasteiger charge is -2.21. The lowest BCUT2D eigenvalue weighted by atomic mass is 10.2. The van der Waals surface area contributed by atoms with Gasteiger partial charge in [-0.2, -0.15) is 0 Å². The van der Waals surface area contributed by atoms with Gasteiger partial charge in [0, 0.05) is 31.6 Å². The molecule has 2 N–H and O–H groups in total. The molecule has 0 bridgehead atoms. The third kappa shape index (κ3) is 5.26. The molecule has 0 saturated heterocycles. The van der Waals surface area contributed by atoms with E-state index in [-0.39, 0.29) is 30.9 Å². The number of hydrogen-bond acceptors (Lipinski definition) is 2. The molecule has 2 amide bonds. The number of carbonyl (C=O) groups is 2. The van der Waals surface area contributed by atoms with Crippen molar-refractivity contribution in [2.75, 3.05) is 7.05 Å². The molecule has 5 nitrogen and oxygen atoms in total. The van der Waals surface area contributed by atoms with Crippen molar-refractivity contribution in [1.29, 1.82) is 0 Å². The zero-order valence-corrected chi connectivity index (χ0v) is 11.6. The number of halogens is 1. The summed E-state index contributed by atoms with van der Waals surface area (Å²) < 4.78 is 13.5. The summed E-state index contributed by atoms with van der Waals surface area (Å²) in [7, 11) is 1.56. The second kappa shape index (κ2) is 7.47. The smallest absolute Gasteiger partial charge is 0.317 e. The van der Waals surface area contributed by atoms with E-state index in [1.165, 1.54) is 11.0 Å². The number of urea groups is 1. The van der Waals surface area contributed by atoms with Crippen LogP contribution in [0.1, 0.15) is 25.3 Å². The fourth-order valence-electron chi connectivity index (χ4n) is 1.69. The first-order valence-electron chi connectivity index (χ1n) is 6.37. The zero-order valence-electron chi connectivity index (χ0n) is 11.6. The van der Waals surface area contributed by atoms with Crippen molar-refractivity contribution in [2.45, 2.75) is 32.4 Å². The van der Waals surface area contributed by atoms with Crippen molar-refractivity contribution in [3.8, 4) is 0 Å². The molecule has 6 heteroatoms. The van der Waals surface area contributed by atoms with Gasteiger partial charge in [-0.05, 0) is 19.4 Å². The van der Waals surface area contributed by atoms with E-state index in [9.17, 15) is 14.0 Å². The van der Waals surface area contributed by atoms with Gasteiger partial charge >= 0.3 is 12.0 Å². The van der Waals surface area contributed by atoms with Gasteiger partial charge < -0.3 is 15.3 Å². The maximum atomic E-state index is 13.5. The lowest BCUT2D eigenvalue weighted by Crippen LogP contribution is -2.41. The SMILES string of the molecule is CC(CCC(=O)O)NC(=O)N(C)Cc1ccccc1F. The number of amides is 2. The Kier molecular flexibility index (Phi) is 5.96. The van der Waals surface area contributed by atoms with Crippen molar-refractivity contribution in [1.82, 2.24) is 10.2 Å². The van der Waals surface area contributed by atoms with E-state index in [4.69, 9.17) is 5.11 Å².